The Bertz CT molecular complexity index is 1090. The topological polar surface area (TPSA) is 50.8 Å². The number of carbonyl (C=O) groups is 1. The number of carbonyl (C=O) groups excluding carboxylic acids is 1. The third kappa shape index (κ3) is 3.32. The van der Waals surface area contributed by atoms with Crippen LogP contribution in [0.15, 0.2) is 36.4 Å². The standard InChI is InChI=1S/C18H12Cl3N3O/c1-2-7-23-16-9-12(19)4-6-15(16)24(18(23)22)10-17(25)11-3-5-13(20)14(21)8-11/h1,3-6,8-9,22H,7,10H2. The number of hydrogen-bond acceptors (Lipinski definition) is 2. The van der Waals surface area contributed by atoms with Gasteiger partial charge in [-0.15, -0.1) is 6.42 Å². The Morgan fingerprint density at radius 1 is 1.04 bits per heavy atom. The predicted molar refractivity (Wildman–Crippen MR) is 100 cm³/mol. The van der Waals surface area contributed by atoms with Gasteiger partial charge >= 0.3 is 0 Å². The van der Waals surface area contributed by atoms with Crippen molar-refractivity contribution in [1.29, 1.82) is 5.41 Å². The van der Waals surface area contributed by atoms with E-state index in [2.05, 4.69) is 5.92 Å². The second kappa shape index (κ2) is 6.97. The lowest BCUT2D eigenvalue weighted by atomic mass is 10.1. The Labute approximate surface area is 159 Å². The zero-order valence-electron chi connectivity index (χ0n) is 12.9. The summed E-state index contributed by atoms with van der Waals surface area (Å²) < 4.78 is 3.22. The van der Waals surface area contributed by atoms with E-state index in [1.54, 1.807) is 39.5 Å². The number of Topliss-reactive ketones (excluding diaryl/α,β-unsaturated/α-hetero) is 1. The number of imidazole rings is 1. The van der Waals surface area contributed by atoms with Gasteiger partial charge < -0.3 is 4.57 Å². The average molecular weight is 393 g/mol. The van der Waals surface area contributed by atoms with Gasteiger partial charge in [-0.2, -0.15) is 0 Å². The van der Waals surface area contributed by atoms with Gasteiger partial charge in [0.2, 0.25) is 5.62 Å². The van der Waals surface area contributed by atoms with Gasteiger partial charge in [0.05, 0.1) is 34.2 Å². The molecule has 0 fully saturated rings. The van der Waals surface area contributed by atoms with Crippen LogP contribution in [-0.2, 0) is 13.1 Å². The molecular weight excluding hydrogens is 381 g/mol. The van der Waals surface area contributed by atoms with Gasteiger partial charge in [-0.1, -0.05) is 40.7 Å². The van der Waals surface area contributed by atoms with Crippen LogP contribution in [0.2, 0.25) is 15.1 Å². The first kappa shape index (κ1) is 17.6. The molecule has 0 unspecified atom stereocenters. The van der Waals surface area contributed by atoms with Crippen LogP contribution < -0.4 is 5.62 Å². The SMILES string of the molecule is C#CCn1c(=N)n(CC(=O)c2ccc(Cl)c(Cl)c2)c2ccc(Cl)cc21. The fraction of sp³-hybridized carbons (Fsp3) is 0.111. The lowest BCUT2D eigenvalue weighted by molar-refractivity contribution is 0.0971. The fourth-order valence-corrected chi connectivity index (χ4v) is 3.10. The minimum Gasteiger partial charge on any atom is -0.303 e. The molecule has 0 radical (unpaired) electrons. The smallest absolute Gasteiger partial charge is 0.204 e. The highest BCUT2D eigenvalue weighted by Crippen LogP contribution is 2.23. The zero-order chi connectivity index (χ0) is 18.1. The Kier molecular flexibility index (Phi) is 4.91. The lowest BCUT2D eigenvalue weighted by Gasteiger charge is -2.05. The number of benzene rings is 2. The van der Waals surface area contributed by atoms with E-state index in [4.69, 9.17) is 46.6 Å². The lowest BCUT2D eigenvalue weighted by Crippen LogP contribution is -2.27. The fourth-order valence-electron chi connectivity index (χ4n) is 2.63. The number of halogens is 3. The minimum atomic E-state index is -0.188. The van der Waals surface area contributed by atoms with Crippen LogP contribution in [0.3, 0.4) is 0 Å². The summed E-state index contributed by atoms with van der Waals surface area (Å²) in [6, 6.07) is 9.91. The zero-order valence-corrected chi connectivity index (χ0v) is 15.2. The van der Waals surface area contributed by atoms with Crippen LogP contribution in [0.25, 0.3) is 11.0 Å². The summed E-state index contributed by atoms with van der Waals surface area (Å²) in [5, 5.41) is 9.59. The highest BCUT2D eigenvalue weighted by molar-refractivity contribution is 6.42. The Hall–Kier alpha value is -2.19. The molecule has 0 aliphatic heterocycles. The van der Waals surface area contributed by atoms with E-state index in [0.717, 1.165) is 0 Å². The maximum Gasteiger partial charge on any atom is 0.204 e. The van der Waals surface area contributed by atoms with Crippen molar-refractivity contribution < 1.29 is 4.79 Å². The molecule has 1 heterocycles. The number of nitrogens with one attached hydrogen (secondary N) is 1. The van der Waals surface area contributed by atoms with Gasteiger partial charge in [0.1, 0.15) is 0 Å². The summed E-state index contributed by atoms with van der Waals surface area (Å²) in [5.74, 6) is 2.33. The molecule has 4 nitrogen and oxygen atoms in total. The maximum absolute atomic E-state index is 12.6. The van der Waals surface area contributed by atoms with Gasteiger partial charge in [0.25, 0.3) is 0 Å². The van der Waals surface area contributed by atoms with Crippen molar-refractivity contribution in [3.63, 3.8) is 0 Å². The maximum atomic E-state index is 12.6. The first-order chi connectivity index (χ1) is 11.9. The predicted octanol–water partition coefficient (Wildman–Crippen LogP) is 4.40. The molecule has 2 aromatic carbocycles. The number of hydrogen-bond donors (Lipinski definition) is 1. The second-order valence-electron chi connectivity index (χ2n) is 5.39. The van der Waals surface area contributed by atoms with E-state index in [1.807, 2.05) is 0 Å². The van der Waals surface area contributed by atoms with Crippen molar-refractivity contribution in [2.24, 2.45) is 0 Å². The molecule has 0 atom stereocenters. The molecule has 0 aliphatic rings. The number of rotatable bonds is 4. The summed E-state index contributed by atoms with van der Waals surface area (Å²) in [7, 11) is 0. The molecule has 1 N–H and O–H groups in total. The van der Waals surface area contributed by atoms with Crippen LogP contribution >= 0.6 is 34.8 Å². The molecule has 0 saturated heterocycles. The highest BCUT2D eigenvalue weighted by atomic mass is 35.5. The molecule has 1 aromatic heterocycles. The number of fused-ring (bicyclic) bond motifs is 1. The van der Waals surface area contributed by atoms with Crippen molar-refractivity contribution >= 4 is 51.6 Å². The van der Waals surface area contributed by atoms with Gasteiger partial charge in [-0.3, -0.25) is 14.8 Å². The third-order valence-corrected chi connectivity index (χ3v) is 4.80. The molecule has 126 valence electrons. The van der Waals surface area contributed by atoms with Crippen molar-refractivity contribution in [2.45, 2.75) is 13.1 Å². The van der Waals surface area contributed by atoms with Crippen molar-refractivity contribution in [1.82, 2.24) is 9.13 Å². The summed E-state index contributed by atoms with van der Waals surface area (Å²) in [5.41, 5.74) is 1.96. The van der Waals surface area contributed by atoms with Crippen molar-refractivity contribution in [2.75, 3.05) is 0 Å². The van der Waals surface area contributed by atoms with Crippen LogP contribution in [0, 0.1) is 17.8 Å². The summed E-state index contributed by atoms with van der Waals surface area (Å²) in [6.45, 7) is 0.191. The summed E-state index contributed by atoms with van der Waals surface area (Å²) in [6.07, 6.45) is 5.40. The van der Waals surface area contributed by atoms with E-state index in [9.17, 15) is 4.79 Å². The molecule has 25 heavy (non-hydrogen) atoms. The molecule has 7 heteroatoms. The molecule has 0 saturated carbocycles. The monoisotopic (exact) mass is 391 g/mol. The Morgan fingerprint density at radius 3 is 2.48 bits per heavy atom. The molecule has 0 amide bonds. The number of aromatic nitrogens is 2. The van der Waals surface area contributed by atoms with E-state index >= 15 is 0 Å². The largest absolute Gasteiger partial charge is 0.303 e. The normalized spacial score (nSPS) is 10.8. The highest BCUT2D eigenvalue weighted by Gasteiger charge is 2.15. The first-order valence-electron chi connectivity index (χ1n) is 7.27. The third-order valence-electron chi connectivity index (χ3n) is 3.82. The second-order valence-corrected chi connectivity index (χ2v) is 6.64. The van der Waals surface area contributed by atoms with Crippen molar-refractivity contribution in [3.8, 4) is 12.3 Å². The molecule has 0 bridgehead atoms. The van der Waals surface area contributed by atoms with E-state index in [1.165, 1.54) is 6.07 Å². The number of ketones is 1. The Balaban J connectivity index is 2.08. The van der Waals surface area contributed by atoms with E-state index in [0.29, 0.717) is 31.7 Å². The summed E-state index contributed by atoms with van der Waals surface area (Å²) in [4.78, 5) is 12.6. The van der Waals surface area contributed by atoms with Crippen LogP contribution in [-0.4, -0.2) is 14.9 Å². The Morgan fingerprint density at radius 2 is 1.80 bits per heavy atom. The van der Waals surface area contributed by atoms with Gasteiger partial charge in [0.15, 0.2) is 5.78 Å². The van der Waals surface area contributed by atoms with Crippen LogP contribution in [0.4, 0.5) is 0 Å². The molecular formula is C18H12Cl3N3O. The van der Waals surface area contributed by atoms with E-state index < -0.39 is 0 Å². The first-order valence-corrected chi connectivity index (χ1v) is 8.40. The summed E-state index contributed by atoms with van der Waals surface area (Å²) >= 11 is 17.9. The van der Waals surface area contributed by atoms with Gasteiger partial charge in [0, 0.05) is 10.6 Å². The quantitative estimate of drug-likeness (QED) is 0.519. The minimum absolute atomic E-state index is 0.0213. The van der Waals surface area contributed by atoms with Crippen molar-refractivity contribution in [3.05, 3.63) is 62.6 Å². The number of terminal acetylenes is 1. The average Bonchev–Trinajstić information content (AvgIpc) is 2.83. The van der Waals surface area contributed by atoms with Gasteiger partial charge in [-0.25, -0.2) is 0 Å². The molecule has 3 rings (SSSR count). The molecule has 0 aliphatic carbocycles. The molecule has 0 spiro atoms. The number of nitrogens with zero attached hydrogens (tertiary/aromatic N) is 2. The van der Waals surface area contributed by atoms with Gasteiger partial charge in [-0.05, 0) is 36.4 Å². The van der Waals surface area contributed by atoms with Crippen LogP contribution in [0.5, 0.6) is 0 Å². The van der Waals surface area contributed by atoms with Crippen LogP contribution in [0.1, 0.15) is 10.4 Å². The van der Waals surface area contributed by atoms with E-state index in [-0.39, 0.29) is 24.5 Å². The molecule has 3 aromatic rings.